The first-order valence-electron chi connectivity index (χ1n) is 7.96. The first-order chi connectivity index (χ1) is 10.8. The molecule has 114 valence electrons. The molecule has 0 aliphatic carbocycles. The molecule has 3 nitrogen and oxygen atoms in total. The molecule has 1 aromatic carbocycles. The van der Waals surface area contributed by atoms with Gasteiger partial charge in [0.1, 0.15) is 5.82 Å². The summed E-state index contributed by atoms with van der Waals surface area (Å²) in [5.74, 6) is 1.17. The van der Waals surface area contributed by atoms with Crippen LogP contribution in [0.2, 0.25) is 0 Å². The normalized spacial score (nSPS) is 24.4. The Morgan fingerprint density at radius 1 is 0.955 bits per heavy atom. The van der Waals surface area contributed by atoms with Gasteiger partial charge in [-0.25, -0.2) is 4.39 Å². The third-order valence-corrected chi connectivity index (χ3v) is 5.01. The second-order valence-corrected chi connectivity index (χ2v) is 6.32. The van der Waals surface area contributed by atoms with E-state index in [0.717, 1.165) is 31.9 Å². The smallest absolute Gasteiger partial charge is 0.146 e. The standard InChI is InChI=1S/C18H20FN3/c19-17-5-1-2-6-18(17)22-11-14-7-9-21(12-15(14)13-22)16-4-3-8-20-10-16/h1-6,8,10,14-15H,7,9,11-13H2/t14-,15+/m1/s1. The number of para-hydroxylation sites is 1. The van der Waals surface area contributed by atoms with E-state index in [1.807, 2.05) is 30.6 Å². The SMILES string of the molecule is Fc1ccccc1N1C[C@H]2CCN(c3cccnc3)C[C@H]2C1. The molecule has 0 saturated carbocycles. The molecule has 4 heteroatoms. The third-order valence-electron chi connectivity index (χ3n) is 5.01. The van der Waals surface area contributed by atoms with E-state index in [1.165, 1.54) is 12.1 Å². The van der Waals surface area contributed by atoms with Crippen LogP contribution in [0.15, 0.2) is 48.8 Å². The van der Waals surface area contributed by atoms with Gasteiger partial charge in [-0.15, -0.1) is 0 Å². The summed E-state index contributed by atoms with van der Waals surface area (Å²) in [5, 5.41) is 0. The zero-order chi connectivity index (χ0) is 14.9. The molecule has 4 rings (SSSR count). The molecule has 0 spiro atoms. The van der Waals surface area contributed by atoms with Gasteiger partial charge in [-0.3, -0.25) is 4.98 Å². The van der Waals surface area contributed by atoms with Crippen molar-refractivity contribution in [2.24, 2.45) is 11.8 Å². The Morgan fingerprint density at radius 3 is 2.59 bits per heavy atom. The number of fused-ring (bicyclic) bond motifs is 1. The summed E-state index contributed by atoms with van der Waals surface area (Å²) in [5.41, 5.74) is 1.95. The maximum atomic E-state index is 14.0. The van der Waals surface area contributed by atoms with E-state index in [4.69, 9.17) is 0 Å². The number of benzene rings is 1. The number of rotatable bonds is 2. The summed E-state index contributed by atoms with van der Waals surface area (Å²) in [7, 11) is 0. The van der Waals surface area contributed by atoms with Gasteiger partial charge in [0.25, 0.3) is 0 Å². The fourth-order valence-corrected chi connectivity index (χ4v) is 3.85. The van der Waals surface area contributed by atoms with Gasteiger partial charge in [0.2, 0.25) is 0 Å². The van der Waals surface area contributed by atoms with Gasteiger partial charge >= 0.3 is 0 Å². The molecule has 2 atom stereocenters. The van der Waals surface area contributed by atoms with Crippen molar-refractivity contribution < 1.29 is 4.39 Å². The fourth-order valence-electron chi connectivity index (χ4n) is 3.85. The van der Waals surface area contributed by atoms with E-state index in [0.29, 0.717) is 11.8 Å². The number of piperidine rings is 1. The van der Waals surface area contributed by atoms with Gasteiger partial charge in [0.15, 0.2) is 0 Å². The third kappa shape index (κ3) is 2.43. The number of anilines is 2. The van der Waals surface area contributed by atoms with E-state index in [-0.39, 0.29) is 5.82 Å². The van der Waals surface area contributed by atoms with Crippen LogP contribution in [-0.4, -0.2) is 31.2 Å². The number of pyridine rings is 1. The van der Waals surface area contributed by atoms with Crippen LogP contribution in [0, 0.1) is 17.7 Å². The van der Waals surface area contributed by atoms with E-state index in [1.54, 1.807) is 12.1 Å². The Morgan fingerprint density at radius 2 is 1.77 bits per heavy atom. The lowest BCUT2D eigenvalue weighted by Crippen LogP contribution is -2.40. The zero-order valence-corrected chi connectivity index (χ0v) is 12.5. The molecule has 2 aliphatic heterocycles. The molecule has 0 bridgehead atoms. The van der Waals surface area contributed by atoms with Crippen molar-refractivity contribution in [3.63, 3.8) is 0 Å². The Bertz CT molecular complexity index is 646. The number of hydrogen-bond acceptors (Lipinski definition) is 3. The quantitative estimate of drug-likeness (QED) is 0.848. The minimum absolute atomic E-state index is 0.106. The van der Waals surface area contributed by atoms with Crippen molar-refractivity contribution in [3.8, 4) is 0 Å². The number of nitrogens with zero attached hydrogens (tertiary/aromatic N) is 3. The summed E-state index contributed by atoms with van der Waals surface area (Å²) >= 11 is 0. The highest BCUT2D eigenvalue weighted by Gasteiger charge is 2.37. The summed E-state index contributed by atoms with van der Waals surface area (Å²) < 4.78 is 14.0. The summed E-state index contributed by atoms with van der Waals surface area (Å²) in [6.45, 7) is 4.04. The largest absolute Gasteiger partial charge is 0.370 e. The van der Waals surface area contributed by atoms with Crippen LogP contribution in [0.25, 0.3) is 0 Å². The van der Waals surface area contributed by atoms with Crippen molar-refractivity contribution in [1.82, 2.24) is 4.98 Å². The fraction of sp³-hybridized carbons (Fsp3) is 0.389. The molecule has 2 saturated heterocycles. The van der Waals surface area contributed by atoms with Gasteiger partial charge in [-0.05, 0) is 42.5 Å². The molecule has 2 aromatic rings. The van der Waals surface area contributed by atoms with E-state index < -0.39 is 0 Å². The van der Waals surface area contributed by atoms with Crippen molar-refractivity contribution in [3.05, 3.63) is 54.6 Å². The first kappa shape index (κ1) is 13.6. The Kier molecular flexibility index (Phi) is 3.45. The summed E-state index contributed by atoms with van der Waals surface area (Å²) in [6, 6.07) is 11.2. The molecule has 3 heterocycles. The van der Waals surface area contributed by atoms with Crippen LogP contribution in [0.4, 0.5) is 15.8 Å². The highest BCUT2D eigenvalue weighted by atomic mass is 19.1. The van der Waals surface area contributed by atoms with Crippen LogP contribution < -0.4 is 9.80 Å². The lowest BCUT2D eigenvalue weighted by molar-refractivity contribution is 0.349. The second-order valence-electron chi connectivity index (χ2n) is 6.32. The Labute approximate surface area is 130 Å². The predicted molar refractivity (Wildman–Crippen MR) is 86.7 cm³/mol. The van der Waals surface area contributed by atoms with Gasteiger partial charge in [0, 0.05) is 32.4 Å². The molecule has 0 radical (unpaired) electrons. The number of aromatic nitrogens is 1. The minimum atomic E-state index is -0.106. The van der Waals surface area contributed by atoms with Crippen LogP contribution in [-0.2, 0) is 0 Å². The summed E-state index contributed by atoms with van der Waals surface area (Å²) in [6.07, 6.45) is 4.92. The topological polar surface area (TPSA) is 19.4 Å². The molecule has 0 N–H and O–H groups in total. The molecule has 1 aromatic heterocycles. The lowest BCUT2D eigenvalue weighted by atomic mass is 9.88. The van der Waals surface area contributed by atoms with E-state index >= 15 is 0 Å². The minimum Gasteiger partial charge on any atom is -0.370 e. The molecule has 2 aliphatic rings. The van der Waals surface area contributed by atoms with Gasteiger partial charge < -0.3 is 9.80 Å². The highest BCUT2D eigenvalue weighted by Crippen LogP contribution is 2.36. The van der Waals surface area contributed by atoms with Gasteiger partial charge in [-0.1, -0.05) is 12.1 Å². The molecule has 2 fully saturated rings. The molecular formula is C18H20FN3. The predicted octanol–water partition coefficient (Wildman–Crippen LogP) is 3.18. The molecule has 0 amide bonds. The number of halogens is 1. The maximum Gasteiger partial charge on any atom is 0.146 e. The maximum absolute atomic E-state index is 14.0. The van der Waals surface area contributed by atoms with Crippen LogP contribution in [0.3, 0.4) is 0 Å². The monoisotopic (exact) mass is 297 g/mol. The molecular weight excluding hydrogens is 277 g/mol. The average molecular weight is 297 g/mol. The van der Waals surface area contributed by atoms with Crippen molar-refractivity contribution in [2.45, 2.75) is 6.42 Å². The molecule has 0 unspecified atom stereocenters. The van der Waals surface area contributed by atoms with E-state index in [2.05, 4.69) is 20.9 Å². The second kappa shape index (κ2) is 5.59. The average Bonchev–Trinajstić information content (AvgIpc) is 2.99. The van der Waals surface area contributed by atoms with Gasteiger partial charge in [-0.2, -0.15) is 0 Å². The molecule has 22 heavy (non-hydrogen) atoms. The van der Waals surface area contributed by atoms with Crippen LogP contribution in [0.5, 0.6) is 0 Å². The van der Waals surface area contributed by atoms with Crippen molar-refractivity contribution in [1.29, 1.82) is 0 Å². The van der Waals surface area contributed by atoms with Crippen LogP contribution in [0.1, 0.15) is 6.42 Å². The summed E-state index contributed by atoms with van der Waals surface area (Å²) in [4.78, 5) is 8.85. The number of hydrogen-bond donors (Lipinski definition) is 0. The van der Waals surface area contributed by atoms with Crippen molar-refractivity contribution in [2.75, 3.05) is 36.0 Å². The van der Waals surface area contributed by atoms with Crippen LogP contribution >= 0.6 is 0 Å². The first-order valence-corrected chi connectivity index (χ1v) is 7.96. The zero-order valence-electron chi connectivity index (χ0n) is 12.5. The lowest BCUT2D eigenvalue weighted by Gasteiger charge is -2.35. The van der Waals surface area contributed by atoms with Gasteiger partial charge in [0.05, 0.1) is 17.6 Å². The Balaban J connectivity index is 1.49. The van der Waals surface area contributed by atoms with E-state index in [9.17, 15) is 4.39 Å². The van der Waals surface area contributed by atoms with Crippen molar-refractivity contribution >= 4 is 11.4 Å². The Hall–Kier alpha value is -2.10. The highest BCUT2D eigenvalue weighted by molar-refractivity contribution is 5.50.